The van der Waals surface area contributed by atoms with Crippen LogP contribution >= 0.6 is 0 Å². The minimum atomic E-state index is -0.411. The smallest absolute Gasteiger partial charge is 0.269 e. The summed E-state index contributed by atoms with van der Waals surface area (Å²) in [7, 11) is 1.63. The standard InChI is InChI=1S/C24H18N4O3/c1-31-18-12-8-15(9-13-18)22-23(20-14-25-21-5-3-2-4-19(20)21)27-24(26-22)16-6-10-17(11-7-16)28(29)30/h2-14,25H,1H3,(H,26,27). The number of benzene rings is 3. The summed E-state index contributed by atoms with van der Waals surface area (Å²) in [5, 5.41) is 12.1. The lowest BCUT2D eigenvalue weighted by Crippen LogP contribution is -1.88. The summed E-state index contributed by atoms with van der Waals surface area (Å²) in [6.45, 7) is 0. The Morgan fingerprint density at radius 2 is 1.65 bits per heavy atom. The van der Waals surface area contributed by atoms with Crippen molar-refractivity contribution in [2.75, 3.05) is 7.11 Å². The van der Waals surface area contributed by atoms with E-state index in [0.29, 0.717) is 5.82 Å². The molecular formula is C24H18N4O3. The Kier molecular flexibility index (Phi) is 4.48. The second-order valence-corrected chi connectivity index (χ2v) is 7.09. The summed E-state index contributed by atoms with van der Waals surface area (Å²) in [6, 6.07) is 22.2. The maximum Gasteiger partial charge on any atom is 0.269 e. The number of imidazole rings is 1. The third-order valence-corrected chi connectivity index (χ3v) is 5.28. The second kappa shape index (κ2) is 7.46. The first kappa shape index (κ1) is 18.6. The van der Waals surface area contributed by atoms with Gasteiger partial charge in [-0.25, -0.2) is 4.98 Å². The summed E-state index contributed by atoms with van der Waals surface area (Å²) in [6.07, 6.45) is 1.96. The van der Waals surface area contributed by atoms with Crippen LogP contribution in [0.3, 0.4) is 0 Å². The van der Waals surface area contributed by atoms with E-state index in [1.807, 2.05) is 48.7 Å². The Morgan fingerprint density at radius 1 is 0.935 bits per heavy atom. The maximum atomic E-state index is 11.0. The molecule has 152 valence electrons. The molecule has 2 heterocycles. The van der Waals surface area contributed by atoms with Gasteiger partial charge in [0.1, 0.15) is 11.6 Å². The monoisotopic (exact) mass is 410 g/mol. The third kappa shape index (κ3) is 3.32. The number of hydrogen-bond acceptors (Lipinski definition) is 4. The summed E-state index contributed by atoms with van der Waals surface area (Å²) in [4.78, 5) is 22.2. The van der Waals surface area contributed by atoms with Crippen LogP contribution in [0, 0.1) is 10.1 Å². The van der Waals surface area contributed by atoms with E-state index in [-0.39, 0.29) is 5.69 Å². The van der Waals surface area contributed by atoms with Crippen LogP contribution in [0.25, 0.3) is 44.8 Å². The van der Waals surface area contributed by atoms with Crippen LogP contribution in [0.1, 0.15) is 0 Å². The van der Waals surface area contributed by atoms with Crippen molar-refractivity contribution in [1.29, 1.82) is 0 Å². The van der Waals surface area contributed by atoms with Gasteiger partial charge in [-0.15, -0.1) is 0 Å². The van der Waals surface area contributed by atoms with Crippen molar-refractivity contribution in [2.24, 2.45) is 0 Å². The molecule has 0 fully saturated rings. The van der Waals surface area contributed by atoms with Gasteiger partial charge in [-0.2, -0.15) is 0 Å². The van der Waals surface area contributed by atoms with E-state index in [4.69, 9.17) is 9.72 Å². The van der Waals surface area contributed by atoms with Crippen LogP contribution in [-0.2, 0) is 0 Å². The van der Waals surface area contributed by atoms with E-state index < -0.39 is 4.92 Å². The average molecular weight is 410 g/mol. The minimum Gasteiger partial charge on any atom is -0.497 e. The molecule has 7 nitrogen and oxygen atoms in total. The van der Waals surface area contributed by atoms with Crippen molar-refractivity contribution in [3.05, 3.63) is 89.1 Å². The molecule has 0 atom stereocenters. The number of aromatic amines is 2. The summed E-state index contributed by atoms with van der Waals surface area (Å²) in [5.74, 6) is 1.41. The van der Waals surface area contributed by atoms with E-state index >= 15 is 0 Å². The molecule has 0 aliphatic rings. The lowest BCUT2D eigenvalue weighted by atomic mass is 10.0. The van der Waals surface area contributed by atoms with E-state index in [9.17, 15) is 10.1 Å². The Hall–Kier alpha value is -4.39. The van der Waals surface area contributed by atoms with E-state index in [2.05, 4.69) is 16.0 Å². The van der Waals surface area contributed by atoms with Crippen LogP contribution in [0.2, 0.25) is 0 Å². The highest BCUT2D eigenvalue weighted by molar-refractivity contribution is 5.98. The van der Waals surface area contributed by atoms with Crippen LogP contribution in [0.4, 0.5) is 5.69 Å². The number of para-hydroxylation sites is 1. The van der Waals surface area contributed by atoms with Gasteiger partial charge in [-0.1, -0.05) is 18.2 Å². The number of fused-ring (bicyclic) bond motifs is 1. The van der Waals surface area contributed by atoms with Gasteiger partial charge in [0, 0.05) is 45.9 Å². The number of non-ortho nitro benzene ring substituents is 1. The average Bonchev–Trinajstić information content (AvgIpc) is 3.43. The molecule has 0 radical (unpaired) electrons. The molecule has 2 aromatic heterocycles. The van der Waals surface area contributed by atoms with Gasteiger partial charge in [-0.3, -0.25) is 10.1 Å². The number of nitro benzene ring substituents is 1. The SMILES string of the molecule is COc1ccc(-c2nc(-c3ccc([N+](=O)[O-])cc3)[nH]c2-c2c[nH]c3ccccc23)cc1. The van der Waals surface area contributed by atoms with Crippen LogP contribution in [-0.4, -0.2) is 27.0 Å². The zero-order chi connectivity index (χ0) is 21.4. The zero-order valence-corrected chi connectivity index (χ0v) is 16.6. The number of hydrogen-bond donors (Lipinski definition) is 2. The molecule has 0 saturated heterocycles. The van der Waals surface area contributed by atoms with E-state index in [0.717, 1.165) is 44.7 Å². The first-order valence-electron chi connectivity index (χ1n) is 9.70. The molecule has 2 N–H and O–H groups in total. The fourth-order valence-corrected chi connectivity index (χ4v) is 3.68. The summed E-state index contributed by atoms with van der Waals surface area (Å²) < 4.78 is 5.28. The number of nitro groups is 1. The number of aromatic nitrogens is 3. The summed E-state index contributed by atoms with van der Waals surface area (Å²) >= 11 is 0. The Labute approximate surface area is 177 Å². The molecule has 0 unspecified atom stereocenters. The van der Waals surface area contributed by atoms with Crippen LogP contribution in [0.15, 0.2) is 79.0 Å². The van der Waals surface area contributed by atoms with Gasteiger partial charge in [0.25, 0.3) is 5.69 Å². The van der Waals surface area contributed by atoms with Gasteiger partial charge in [0.2, 0.25) is 0 Å². The van der Waals surface area contributed by atoms with Crippen LogP contribution in [0.5, 0.6) is 5.75 Å². The fraction of sp³-hybridized carbons (Fsp3) is 0.0417. The maximum absolute atomic E-state index is 11.0. The molecule has 3 aromatic carbocycles. The molecule has 5 rings (SSSR count). The molecule has 0 aliphatic carbocycles. The number of nitrogens with zero attached hydrogens (tertiary/aromatic N) is 2. The summed E-state index contributed by atoms with van der Waals surface area (Å²) in [5.41, 5.74) is 5.45. The fourth-order valence-electron chi connectivity index (χ4n) is 3.68. The first-order valence-corrected chi connectivity index (χ1v) is 9.70. The zero-order valence-electron chi connectivity index (χ0n) is 16.6. The number of rotatable bonds is 5. The van der Waals surface area contributed by atoms with Gasteiger partial charge in [0.15, 0.2) is 0 Å². The van der Waals surface area contributed by atoms with Crippen molar-refractivity contribution < 1.29 is 9.66 Å². The molecule has 31 heavy (non-hydrogen) atoms. The predicted octanol–water partition coefficient (Wildman–Crippen LogP) is 5.81. The van der Waals surface area contributed by atoms with Gasteiger partial charge in [0.05, 0.1) is 23.4 Å². The number of methoxy groups -OCH3 is 1. The number of ether oxygens (including phenoxy) is 1. The normalized spacial score (nSPS) is 11.0. The first-order chi connectivity index (χ1) is 15.1. The highest BCUT2D eigenvalue weighted by atomic mass is 16.6. The topological polar surface area (TPSA) is 96.8 Å². The van der Waals surface area contributed by atoms with Crippen molar-refractivity contribution >= 4 is 16.6 Å². The highest BCUT2D eigenvalue weighted by Gasteiger charge is 2.18. The van der Waals surface area contributed by atoms with Crippen molar-refractivity contribution in [1.82, 2.24) is 15.0 Å². The largest absolute Gasteiger partial charge is 0.497 e. The lowest BCUT2D eigenvalue weighted by molar-refractivity contribution is -0.384. The van der Waals surface area contributed by atoms with Gasteiger partial charge < -0.3 is 14.7 Å². The van der Waals surface area contributed by atoms with E-state index in [1.54, 1.807) is 19.2 Å². The molecule has 0 saturated carbocycles. The predicted molar refractivity (Wildman–Crippen MR) is 120 cm³/mol. The highest BCUT2D eigenvalue weighted by Crippen LogP contribution is 2.37. The molecule has 0 bridgehead atoms. The van der Waals surface area contributed by atoms with Crippen molar-refractivity contribution in [3.63, 3.8) is 0 Å². The van der Waals surface area contributed by atoms with Gasteiger partial charge in [-0.05, 0) is 42.5 Å². The lowest BCUT2D eigenvalue weighted by Gasteiger charge is -2.04. The van der Waals surface area contributed by atoms with Crippen LogP contribution < -0.4 is 4.74 Å². The van der Waals surface area contributed by atoms with E-state index in [1.165, 1.54) is 12.1 Å². The Balaban J connectivity index is 1.68. The van der Waals surface area contributed by atoms with Crippen molar-refractivity contribution in [3.8, 4) is 39.7 Å². The Morgan fingerprint density at radius 3 is 2.35 bits per heavy atom. The van der Waals surface area contributed by atoms with Gasteiger partial charge >= 0.3 is 0 Å². The second-order valence-electron chi connectivity index (χ2n) is 7.09. The minimum absolute atomic E-state index is 0.0440. The molecule has 0 amide bonds. The molecule has 7 heteroatoms. The molecule has 0 spiro atoms. The Bertz CT molecular complexity index is 1380. The molecular weight excluding hydrogens is 392 g/mol. The molecule has 5 aromatic rings. The number of nitrogens with one attached hydrogen (secondary N) is 2. The third-order valence-electron chi connectivity index (χ3n) is 5.28. The number of H-pyrrole nitrogens is 2. The quantitative estimate of drug-likeness (QED) is 0.282. The van der Waals surface area contributed by atoms with Crippen molar-refractivity contribution in [2.45, 2.75) is 0 Å². The molecule has 0 aliphatic heterocycles.